The van der Waals surface area contributed by atoms with E-state index in [0.717, 1.165) is 29.9 Å². The Hall–Kier alpha value is -2.36. The van der Waals surface area contributed by atoms with Crippen molar-refractivity contribution < 1.29 is 9.13 Å². The molecule has 2 aromatic carbocycles. The van der Waals surface area contributed by atoms with Gasteiger partial charge in [0.15, 0.2) is 6.23 Å². The van der Waals surface area contributed by atoms with E-state index in [-0.39, 0.29) is 18.1 Å². The summed E-state index contributed by atoms with van der Waals surface area (Å²) >= 11 is 0. The van der Waals surface area contributed by atoms with Crippen molar-refractivity contribution in [1.82, 2.24) is 5.01 Å². The molecule has 4 rings (SSSR count). The molecule has 0 bridgehead atoms. The van der Waals surface area contributed by atoms with E-state index in [9.17, 15) is 4.39 Å². The lowest BCUT2D eigenvalue weighted by molar-refractivity contribution is -0.0188. The molecule has 0 saturated carbocycles. The number of para-hydroxylation sites is 1. The highest BCUT2D eigenvalue weighted by atomic mass is 19.1. The van der Waals surface area contributed by atoms with Crippen molar-refractivity contribution in [2.45, 2.75) is 32.0 Å². The number of benzene rings is 2. The molecule has 0 saturated heterocycles. The number of rotatable bonds is 2. The summed E-state index contributed by atoms with van der Waals surface area (Å²) in [5.41, 5.74) is 3.14. The van der Waals surface area contributed by atoms with E-state index in [0.29, 0.717) is 0 Å². The van der Waals surface area contributed by atoms with Crippen LogP contribution in [-0.4, -0.2) is 16.9 Å². The standard InChI is InChI=1S/C18H17FN2O/c1-2-18-21-16(14-5-3-4-6-17(14)22-18)11-15(20-21)12-7-9-13(19)10-8-12/h3-10,16,18H,2,11H2,1H3/t16-,18+/m1/s1. The van der Waals surface area contributed by atoms with Crippen LogP contribution in [0.25, 0.3) is 0 Å². The fraction of sp³-hybridized carbons (Fsp3) is 0.278. The number of hydrogen-bond donors (Lipinski definition) is 0. The molecule has 0 aliphatic carbocycles. The molecular formula is C18H17FN2O. The van der Waals surface area contributed by atoms with Crippen LogP contribution < -0.4 is 4.74 Å². The average Bonchev–Trinajstić information content (AvgIpc) is 3.00. The summed E-state index contributed by atoms with van der Waals surface area (Å²) < 4.78 is 19.2. The number of ether oxygens (including phenoxy) is 1. The molecule has 22 heavy (non-hydrogen) atoms. The third kappa shape index (κ3) is 2.06. The molecular weight excluding hydrogens is 279 g/mol. The summed E-state index contributed by atoms with van der Waals surface area (Å²) in [6, 6.07) is 14.9. The molecule has 0 unspecified atom stereocenters. The largest absolute Gasteiger partial charge is 0.469 e. The quantitative estimate of drug-likeness (QED) is 0.833. The molecule has 2 heterocycles. The van der Waals surface area contributed by atoms with Gasteiger partial charge in [0.05, 0.1) is 11.8 Å². The van der Waals surface area contributed by atoms with Crippen molar-refractivity contribution in [3.63, 3.8) is 0 Å². The number of hydrazone groups is 1. The molecule has 4 heteroatoms. The first-order valence-corrected chi connectivity index (χ1v) is 7.63. The van der Waals surface area contributed by atoms with Gasteiger partial charge < -0.3 is 4.74 Å². The highest BCUT2D eigenvalue weighted by Crippen LogP contribution is 2.43. The topological polar surface area (TPSA) is 24.8 Å². The van der Waals surface area contributed by atoms with Crippen molar-refractivity contribution in [2.75, 3.05) is 0 Å². The number of fused-ring (bicyclic) bond motifs is 3. The fourth-order valence-electron chi connectivity index (χ4n) is 3.20. The van der Waals surface area contributed by atoms with Crippen LogP contribution in [-0.2, 0) is 0 Å². The van der Waals surface area contributed by atoms with E-state index >= 15 is 0 Å². The Morgan fingerprint density at radius 1 is 1.18 bits per heavy atom. The second kappa shape index (κ2) is 5.13. The van der Waals surface area contributed by atoms with Crippen LogP contribution in [0.1, 0.15) is 36.9 Å². The van der Waals surface area contributed by atoms with Crippen LogP contribution in [0.5, 0.6) is 5.75 Å². The fourth-order valence-corrected chi connectivity index (χ4v) is 3.20. The Morgan fingerprint density at radius 3 is 2.73 bits per heavy atom. The van der Waals surface area contributed by atoms with Crippen LogP contribution in [0.3, 0.4) is 0 Å². The van der Waals surface area contributed by atoms with Crippen molar-refractivity contribution >= 4 is 5.71 Å². The third-order valence-electron chi connectivity index (χ3n) is 4.30. The minimum Gasteiger partial charge on any atom is -0.469 e. The molecule has 112 valence electrons. The van der Waals surface area contributed by atoms with Gasteiger partial charge in [-0.25, -0.2) is 4.39 Å². The van der Waals surface area contributed by atoms with Crippen molar-refractivity contribution in [2.24, 2.45) is 5.10 Å². The number of hydrogen-bond acceptors (Lipinski definition) is 3. The zero-order chi connectivity index (χ0) is 15.1. The average molecular weight is 296 g/mol. The maximum atomic E-state index is 13.1. The van der Waals surface area contributed by atoms with Crippen LogP contribution >= 0.6 is 0 Å². The molecule has 0 fully saturated rings. The van der Waals surface area contributed by atoms with Crippen LogP contribution in [0.2, 0.25) is 0 Å². The molecule has 0 amide bonds. The van der Waals surface area contributed by atoms with E-state index in [4.69, 9.17) is 9.84 Å². The maximum absolute atomic E-state index is 13.1. The zero-order valence-corrected chi connectivity index (χ0v) is 12.4. The highest BCUT2D eigenvalue weighted by Gasteiger charge is 2.39. The normalized spacial score (nSPS) is 22.6. The smallest absolute Gasteiger partial charge is 0.187 e. The monoisotopic (exact) mass is 296 g/mol. The highest BCUT2D eigenvalue weighted by molar-refractivity contribution is 6.01. The van der Waals surface area contributed by atoms with E-state index in [1.54, 1.807) is 12.1 Å². The van der Waals surface area contributed by atoms with Crippen molar-refractivity contribution in [3.05, 3.63) is 65.5 Å². The molecule has 0 aromatic heterocycles. The lowest BCUT2D eigenvalue weighted by Gasteiger charge is -2.37. The number of halogens is 1. The zero-order valence-electron chi connectivity index (χ0n) is 12.4. The molecule has 2 atom stereocenters. The second-order valence-electron chi connectivity index (χ2n) is 5.67. The lowest BCUT2D eigenvalue weighted by atomic mass is 9.96. The molecule has 3 nitrogen and oxygen atoms in total. The van der Waals surface area contributed by atoms with Gasteiger partial charge in [0.1, 0.15) is 11.6 Å². The van der Waals surface area contributed by atoms with Crippen LogP contribution in [0.15, 0.2) is 53.6 Å². The lowest BCUT2D eigenvalue weighted by Crippen LogP contribution is -2.39. The minimum atomic E-state index is -0.222. The summed E-state index contributed by atoms with van der Waals surface area (Å²) in [6.45, 7) is 2.10. The van der Waals surface area contributed by atoms with Gasteiger partial charge in [0.25, 0.3) is 0 Å². The minimum absolute atomic E-state index is 0.0437. The summed E-state index contributed by atoms with van der Waals surface area (Å²) in [6.07, 6.45) is 1.64. The van der Waals surface area contributed by atoms with E-state index in [2.05, 4.69) is 18.0 Å². The molecule has 2 aliphatic rings. The van der Waals surface area contributed by atoms with E-state index < -0.39 is 0 Å². The van der Waals surface area contributed by atoms with Gasteiger partial charge in [-0.15, -0.1) is 0 Å². The SMILES string of the molecule is CC[C@@H]1Oc2ccccc2[C@H]2CC(c3ccc(F)cc3)=NN12. The van der Waals surface area contributed by atoms with Crippen molar-refractivity contribution in [1.29, 1.82) is 0 Å². The molecule has 0 N–H and O–H groups in total. The Morgan fingerprint density at radius 2 is 1.95 bits per heavy atom. The predicted molar refractivity (Wildman–Crippen MR) is 83.3 cm³/mol. The summed E-state index contributed by atoms with van der Waals surface area (Å²) in [7, 11) is 0. The first-order valence-electron chi connectivity index (χ1n) is 7.63. The first kappa shape index (κ1) is 13.3. The Labute approximate surface area is 129 Å². The van der Waals surface area contributed by atoms with Crippen LogP contribution in [0.4, 0.5) is 4.39 Å². The number of nitrogens with zero attached hydrogens (tertiary/aromatic N) is 2. The van der Waals surface area contributed by atoms with Gasteiger partial charge in [-0.2, -0.15) is 5.10 Å². The van der Waals surface area contributed by atoms with E-state index in [1.165, 1.54) is 17.7 Å². The van der Waals surface area contributed by atoms with E-state index in [1.807, 2.05) is 18.2 Å². The van der Waals surface area contributed by atoms with Gasteiger partial charge in [0, 0.05) is 18.4 Å². The van der Waals surface area contributed by atoms with Gasteiger partial charge in [-0.1, -0.05) is 37.3 Å². The van der Waals surface area contributed by atoms with Gasteiger partial charge >= 0.3 is 0 Å². The molecule has 0 spiro atoms. The Balaban J connectivity index is 1.72. The second-order valence-corrected chi connectivity index (χ2v) is 5.67. The summed E-state index contributed by atoms with van der Waals surface area (Å²) in [4.78, 5) is 0. The summed E-state index contributed by atoms with van der Waals surface area (Å²) in [5.74, 6) is 0.728. The first-order chi connectivity index (χ1) is 10.8. The van der Waals surface area contributed by atoms with Gasteiger partial charge in [0.2, 0.25) is 0 Å². The maximum Gasteiger partial charge on any atom is 0.187 e. The third-order valence-corrected chi connectivity index (χ3v) is 4.30. The molecule has 0 radical (unpaired) electrons. The van der Waals surface area contributed by atoms with Gasteiger partial charge in [-0.05, 0) is 23.8 Å². The molecule has 2 aliphatic heterocycles. The Kier molecular flexibility index (Phi) is 3.10. The molecule has 2 aromatic rings. The van der Waals surface area contributed by atoms with Gasteiger partial charge in [-0.3, -0.25) is 5.01 Å². The summed E-state index contributed by atoms with van der Waals surface area (Å²) in [5, 5.41) is 6.82. The van der Waals surface area contributed by atoms with Crippen molar-refractivity contribution in [3.8, 4) is 5.75 Å². The Bertz CT molecular complexity index is 726. The van der Waals surface area contributed by atoms with Crippen LogP contribution in [0, 0.1) is 5.82 Å². The predicted octanol–water partition coefficient (Wildman–Crippen LogP) is 4.11.